The quantitative estimate of drug-likeness (QED) is 0.358. The zero-order valence-electron chi connectivity index (χ0n) is 19.0. The smallest absolute Gasteiger partial charge is 0.416 e. The summed E-state index contributed by atoms with van der Waals surface area (Å²) in [5.74, 6) is -1.01. The van der Waals surface area contributed by atoms with Gasteiger partial charge < -0.3 is 15.7 Å². The van der Waals surface area contributed by atoms with Crippen LogP contribution in [0, 0.1) is 0 Å². The van der Waals surface area contributed by atoms with Gasteiger partial charge in [0.1, 0.15) is 0 Å². The van der Waals surface area contributed by atoms with Crippen molar-refractivity contribution in [2.24, 2.45) is 0 Å². The highest BCUT2D eigenvalue weighted by molar-refractivity contribution is 5.94. The van der Waals surface area contributed by atoms with Gasteiger partial charge in [-0.3, -0.25) is 9.59 Å². The maximum Gasteiger partial charge on any atom is 0.416 e. The third-order valence-electron chi connectivity index (χ3n) is 5.24. The number of nitrogens with one attached hydrogen (secondary N) is 2. The molecule has 7 nitrogen and oxygen atoms in total. The summed E-state index contributed by atoms with van der Waals surface area (Å²) in [6.07, 6.45) is 0.292. The molecule has 10 heteroatoms. The van der Waals surface area contributed by atoms with E-state index in [0.717, 1.165) is 30.5 Å². The molecule has 1 aromatic heterocycles. The minimum absolute atomic E-state index is 0.0540. The summed E-state index contributed by atoms with van der Waals surface area (Å²) < 4.78 is 38.3. The van der Waals surface area contributed by atoms with Crippen molar-refractivity contribution in [3.8, 4) is 11.4 Å². The van der Waals surface area contributed by atoms with Crippen molar-refractivity contribution in [3.05, 3.63) is 77.6 Å². The van der Waals surface area contributed by atoms with Crippen LogP contribution in [0.5, 0.6) is 0 Å². The second-order valence-electron chi connectivity index (χ2n) is 7.88. The molecule has 1 atom stereocenters. The van der Waals surface area contributed by atoms with E-state index in [-0.39, 0.29) is 24.9 Å². The Balaban J connectivity index is 1.67. The third-order valence-corrected chi connectivity index (χ3v) is 5.24. The van der Waals surface area contributed by atoms with Crippen LogP contribution in [0.15, 0.2) is 60.9 Å². The van der Waals surface area contributed by atoms with Crippen LogP contribution in [-0.4, -0.2) is 33.5 Å². The van der Waals surface area contributed by atoms with E-state index in [1.165, 1.54) is 12.1 Å². The number of benzene rings is 2. The average molecular weight is 486 g/mol. The summed E-state index contributed by atoms with van der Waals surface area (Å²) in [6.45, 7) is 2.10. The first-order valence-corrected chi connectivity index (χ1v) is 11.0. The van der Waals surface area contributed by atoms with E-state index in [0.29, 0.717) is 22.6 Å². The van der Waals surface area contributed by atoms with Crippen LogP contribution in [0.2, 0.25) is 0 Å². The maximum absolute atomic E-state index is 12.8. The van der Waals surface area contributed by atoms with E-state index >= 15 is 0 Å². The van der Waals surface area contributed by atoms with Gasteiger partial charge in [0.15, 0.2) is 5.82 Å². The molecule has 0 aliphatic rings. The second-order valence-corrected chi connectivity index (χ2v) is 7.88. The summed E-state index contributed by atoms with van der Waals surface area (Å²) in [6, 6.07) is 11.6. The van der Waals surface area contributed by atoms with Gasteiger partial charge in [0.25, 0.3) is 5.91 Å². The van der Waals surface area contributed by atoms with Crippen molar-refractivity contribution in [1.29, 1.82) is 0 Å². The lowest BCUT2D eigenvalue weighted by molar-refractivity contribution is -0.138. The first-order chi connectivity index (χ1) is 16.7. The van der Waals surface area contributed by atoms with Crippen molar-refractivity contribution >= 4 is 17.6 Å². The number of carbonyl (C=O) groups is 2. The highest BCUT2D eigenvalue weighted by Gasteiger charge is 2.30. The predicted octanol–water partition coefficient (Wildman–Crippen LogP) is 5.32. The molecule has 1 heterocycles. The number of aromatic nitrogens is 2. The fraction of sp³-hybridized carbons (Fsp3) is 0.280. The number of rotatable bonds is 10. The number of alkyl halides is 3. The largest absolute Gasteiger partial charge is 0.481 e. The summed E-state index contributed by atoms with van der Waals surface area (Å²) in [5, 5.41) is 14.6. The van der Waals surface area contributed by atoms with Gasteiger partial charge in [0, 0.05) is 17.7 Å². The zero-order valence-corrected chi connectivity index (χ0v) is 19.0. The van der Waals surface area contributed by atoms with Crippen molar-refractivity contribution in [2.45, 2.75) is 38.4 Å². The van der Waals surface area contributed by atoms with E-state index < -0.39 is 17.7 Å². The number of amides is 1. The number of anilines is 1. The standard InChI is InChI=1S/C25H25F3N4O3/c1-2-3-21(16-4-6-18(7-5-16)24(35)29-13-12-22(33)34)32-20-14-30-23(31-15-20)17-8-10-19(11-9-17)25(26,27)28/h4-11,14-15,21,32H,2-3,12-13H2,1H3,(H,29,35)(H,33,34)/t21-/m0/s1. The Bertz CT molecular complexity index is 1130. The van der Waals surface area contributed by atoms with Crippen molar-refractivity contribution < 1.29 is 27.9 Å². The number of carboxylic acids is 1. The molecule has 1 amide bonds. The lowest BCUT2D eigenvalue weighted by Crippen LogP contribution is -2.26. The van der Waals surface area contributed by atoms with Gasteiger partial charge >= 0.3 is 12.1 Å². The van der Waals surface area contributed by atoms with E-state index in [1.807, 2.05) is 19.1 Å². The lowest BCUT2D eigenvalue weighted by atomic mass is 10.0. The molecule has 0 aliphatic carbocycles. The Morgan fingerprint density at radius 2 is 1.63 bits per heavy atom. The van der Waals surface area contributed by atoms with Crippen LogP contribution in [0.3, 0.4) is 0 Å². The van der Waals surface area contributed by atoms with Crippen LogP contribution >= 0.6 is 0 Å². The van der Waals surface area contributed by atoms with E-state index in [2.05, 4.69) is 20.6 Å². The number of hydrogen-bond donors (Lipinski definition) is 3. The lowest BCUT2D eigenvalue weighted by Gasteiger charge is -2.20. The van der Waals surface area contributed by atoms with Gasteiger partial charge in [-0.15, -0.1) is 0 Å². The van der Waals surface area contributed by atoms with Crippen LogP contribution in [0.1, 0.15) is 53.7 Å². The first-order valence-electron chi connectivity index (χ1n) is 11.0. The van der Waals surface area contributed by atoms with Crippen molar-refractivity contribution in [2.75, 3.05) is 11.9 Å². The SMILES string of the molecule is CCC[C@H](Nc1cnc(-c2ccc(C(F)(F)F)cc2)nc1)c1ccc(C(=O)NCCC(=O)O)cc1. The fourth-order valence-corrected chi connectivity index (χ4v) is 3.42. The molecule has 35 heavy (non-hydrogen) atoms. The normalized spacial score (nSPS) is 12.1. The van der Waals surface area contributed by atoms with Gasteiger partial charge in [-0.05, 0) is 36.2 Å². The molecule has 184 valence electrons. The molecular formula is C25H25F3N4O3. The van der Waals surface area contributed by atoms with Gasteiger partial charge in [0.05, 0.1) is 36.1 Å². The van der Waals surface area contributed by atoms with Crippen LogP contribution in [0.25, 0.3) is 11.4 Å². The average Bonchev–Trinajstić information content (AvgIpc) is 2.83. The highest BCUT2D eigenvalue weighted by Crippen LogP contribution is 2.30. The van der Waals surface area contributed by atoms with E-state index in [4.69, 9.17) is 5.11 Å². The van der Waals surface area contributed by atoms with Gasteiger partial charge in [-0.2, -0.15) is 13.2 Å². The van der Waals surface area contributed by atoms with Gasteiger partial charge in [-0.1, -0.05) is 37.6 Å². The second kappa shape index (κ2) is 11.5. The molecule has 0 radical (unpaired) electrons. The molecule has 0 fully saturated rings. The third kappa shape index (κ3) is 7.26. The molecular weight excluding hydrogens is 461 g/mol. The Morgan fingerprint density at radius 3 is 2.17 bits per heavy atom. The number of halogens is 3. The summed E-state index contributed by atoms with van der Waals surface area (Å²) in [5.41, 5.74) is 1.77. The summed E-state index contributed by atoms with van der Waals surface area (Å²) in [7, 11) is 0. The monoisotopic (exact) mass is 486 g/mol. The molecule has 3 N–H and O–H groups in total. The molecule has 0 aliphatic heterocycles. The molecule has 2 aromatic carbocycles. The Kier molecular flexibility index (Phi) is 8.40. The Hall–Kier alpha value is -3.95. The topological polar surface area (TPSA) is 104 Å². The zero-order chi connectivity index (χ0) is 25.4. The van der Waals surface area contributed by atoms with Crippen molar-refractivity contribution in [3.63, 3.8) is 0 Å². The minimum Gasteiger partial charge on any atom is -0.481 e. The molecule has 0 spiro atoms. The van der Waals surface area contributed by atoms with Crippen LogP contribution < -0.4 is 10.6 Å². The number of carbonyl (C=O) groups excluding carboxylic acids is 1. The molecule has 0 saturated carbocycles. The molecule has 3 rings (SSSR count). The van der Waals surface area contributed by atoms with Crippen LogP contribution in [-0.2, 0) is 11.0 Å². The molecule has 3 aromatic rings. The summed E-state index contributed by atoms with van der Waals surface area (Å²) in [4.78, 5) is 31.3. The Morgan fingerprint density at radius 1 is 1.00 bits per heavy atom. The minimum atomic E-state index is -4.40. The van der Waals surface area contributed by atoms with Crippen molar-refractivity contribution in [1.82, 2.24) is 15.3 Å². The highest BCUT2D eigenvalue weighted by atomic mass is 19.4. The van der Waals surface area contributed by atoms with Crippen LogP contribution in [0.4, 0.5) is 18.9 Å². The molecule has 0 unspecified atom stereocenters. The predicted molar refractivity (Wildman–Crippen MR) is 125 cm³/mol. The molecule has 0 bridgehead atoms. The van der Waals surface area contributed by atoms with E-state index in [1.54, 1.807) is 24.5 Å². The number of carboxylic acid groups (broad SMARTS) is 1. The number of aliphatic carboxylic acids is 1. The Labute approximate surface area is 200 Å². The molecule has 0 saturated heterocycles. The maximum atomic E-state index is 12.8. The van der Waals surface area contributed by atoms with Gasteiger partial charge in [-0.25, -0.2) is 9.97 Å². The number of nitrogens with zero attached hydrogens (tertiary/aromatic N) is 2. The first kappa shape index (κ1) is 25.7. The van der Waals surface area contributed by atoms with E-state index in [9.17, 15) is 22.8 Å². The fourth-order valence-electron chi connectivity index (χ4n) is 3.42. The summed E-state index contributed by atoms with van der Waals surface area (Å²) >= 11 is 0. The van der Waals surface area contributed by atoms with Gasteiger partial charge in [0.2, 0.25) is 0 Å². The number of hydrogen-bond acceptors (Lipinski definition) is 5.